The smallest absolute Gasteiger partial charge is 0.132 e. The van der Waals surface area contributed by atoms with Crippen molar-refractivity contribution in [1.82, 2.24) is 15.0 Å². The molecule has 0 fully saturated rings. The standard InChI is InChI=1S/C15H21FN4/c1-2-3-4-7-10-20-15(14(11-17)18-19-20)12-8-5-6-9-13(12)16/h5-6,8-9H,2-4,7,10-11,17H2,1H3. The summed E-state index contributed by atoms with van der Waals surface area (Å²) in [5, 5.41) is 8.19. The molecule has 0 saturated carbocycles. The van der Waals surface area contributed by atoms with Gasteiger partial charge in [-0.15, -0.1) is 5.10 Å². The van der Waals surface area contributed by atoms with Crippen LogP contribution in [-0.2, 0) is 13.1 Å². The summed E-state index contributed by atoms with van der Waals surface area (Å²) in [5.74, 6) is -0.265. The summed E-state index contributed by atoms with van der Waals surface area (Å²) in [5.41, 5.74) is 7.57. The third-order valence-electron chi connectivity index (χ3n) is 3.35. The monoisotopic (exact) mass is 276 g/mol. The highest BCUT2D eigenvalue weighted by Gasteiger charge is 2.16. The minimum Gasteiger partial charge on any atom is -0.325 e. The summed E-state index contributed by atoms with van der Waals surface area (Å²) in [4.78, 5) is 0. The molecule has 2 N–H and O–H groups in total. The molecule has 0 atom stereocenters. The van der Waals surface area contributed by atoms with E-state index in [9.17, 15) is 4.39 Å². The van der Waals surface area contributed by atoms with Crippen molar-refractivity contribution in [3.63, 3.8) is 0 Å². The largest absolute Gasteiger partial charge is 0.325 e. The Kier molecular flexibility index (Phi) is 5.24. The second kappa shape index (κ2) is 7.14. The van der Waals surface area contributed by atoms with Crippen LogP contribution in [-0.4, -0.2) is 15.0 Å². The molecule has 5 heteroatoms. The Morgan fingerprint density at radius 3 is 2.70 bits per heavy atom. The Morgan fingerprint density at radius 2 is 2.00 bits per heavy atom. The third-order valence-corrected chi connectivity index (χ3v) is 3.35. The summed E-state index contributed by atoms with van der Waals surface area (Å²) in [6, 6.07) is 6.68. The zero-order valence-electron chi connectivity index (χ0n) is 11.8. The van der Waals surface area contributed by atoms with Crippen LogP contribution in [0.4, 0.5) is 4.39 Å². The molecule has 0 aliphatic heterocycles. The summed E-state index contributed by atoms with van der Waals surface area (Å²) < 4.78 is 15.8. The average molecular weight is 276 g/mol. The van der Waals surface area contributed by atoms with Crippen molar-refractivity contribution in [2.45, 2.75) is 45.7 Å². The molecule has 0 amide bonds. The molecule has 0 bridgehead atoms. The molecule has 1 aromatic heterocycles. The van der Waals surface area contributed by atoms with E-state index in [4.69, 9.17) is 5.73 Å². The van der Waals surface area contributed by atoms with Gasteiger partial charge in [-0.3, -0.25) is 0 Å². The van der Waals surface area contributed by atoms with Crippen molar-refractivity contribution in [2.24, 2.45) is 5.73 Å². The number of nitrogens with zero attached hydrogens (tertiary/aromatic N) is 3. The van der Waals surface area contributed by atoms with Gasteiger partial charge in [-0.1, -0.05) is 43.5 Å². The number of hydrogen-bond donors (Lipinski definition) is 1. The lowest BCUT2D eigenvalue weighted by Gasteiger charge is -2.08. The molecular weight excluding hydrogens is 255 g/mol. The highest BCUT2D eigenvalue weighted by atomic mass is 19.1. The molecule has 0 unspecified atom stereocenters. The van der Waals surface area contributed by atoms with Crippen LogP contribution in [0, 0.1) is 5.82 Å². The first kappa shape index (κ1) is 14.7. The van der Waals surface area contributed by atoms with E-state index >= 15 is 0 Å². The summed E-state index contributed by atoms with van der Waals surface area (Å²) in [6.07, 6.45) is 4.55. The predicted octanol–water partition coefficient (Wildman–Crippen LogP) is 3.12. The summed E-state index contributed by atoms with van der Waals surface area (Å²) in [6.45, 7) is 3.18. The molecule has 0 spiro atoms. The van der Waals surface area contributed by atoms with Crippen LogP contribution in [0.25, 0.3) is 11.3 Å². The van der Waals surface area contributed by atoms with Crippen LogP contribution in [0.5, 0.6) is 0 Å². The number of benzene rings is 1. The SMILES string of the molecule is CCCCCCn1nnc(CN)c1-c1ccccc1F. The first-order valence-corrected chi connectivity index (χ1v) is 7.15. The van der Waals surface area contributed by atoms with Crippen molar-refractivity contribution in [3.8, 4) is 11.3 Å². The lowest BCUT2D eigenvalue weighted by atomic mass is 10.1. The van der Waals surface area contributed by atoms with Gasteiger partial charge in [-0.25, -0.2) is 9.07 Å². The second-order valence-electron chi connectivity index (χ2n) is 4.85. The van der Waals surface area contributed by atoms with Crippen molar-refractivity contribution in [3.05, 3.63) is 35.8 Å². The number of unbranched alkanes of at least 4 members (excludes halogenated alkanes) is 3. The van der Waals surface area contributed by atoms with Crippen LogP contribution >= 0.6 is 0 Å². The van der Waals surface area contributed by atoms with Crippen molar-refractivity contribution in [1.29, 1.82) is 0 Å². The molecule has 20 heavy (non-hydrogen) atoms. The predicted molar refractivity (Wildman–Crippen MR) is 77.4 cm³/mol. The fraction of sp³-hybridized carbons (Fsp3) is 0.467. The lowest BCUT2D eigenvalue weighted by Crippen LogP contribution is -2.06. The first-order chi connectivity index (χ1) is 9.77. The maximum atomic E-state index is 14.0. The fourth-order valence-electron chi connectivity index (χ4n) is 2.28. The van der Waals surface area contributed by atoms with Gasteiger partial charge in [-0.2, -0.15) is 0 Å². The molecule has 0 radical (unpaired) electrons. The van der Waals surface area contributed by atoms with Crippen LogP contribution in [0.2, 0.25) is 0 Å². The molecule has 108 valence electrons. The maximum absolute atomic E-state index is 14.0. The molecule has 4 nitrogen and oxygen atoms in total. The summed E-state index contributed by atoms with van der Waals surface area (Å²) >= 11 is 0. The number of aromatic nitrogens is 3. The van der Waals surface area contributed by atoms with Crippen molar-refractivity contribution < 1.29 is 4.39 Å². The first-order valence-electron chi connectivity index (χ1n) is 7.15. The van der Waals surface area contributed by atoms with E-state index in [1.165, 1.54) is 18.9 Å². The van der Waals surface area contributed by atoms with Crippen LogP contribution < -0.4 is 5.73 Å². The van der Waals surface area contributed by atoms with E-state index in [1.54, 1.807) is 16.8 Å². The molecule has 2 aromatic rings. The molecule has 2 rings (SSSR count). The zero-order valence-corrected chi connectivity index (χ0v) is 11.8. The molecule has 1 heterocycles. The number of hydrogen-bond acceptors (Lipinski definition) is 3. The fourth-order valence-corrected chi connectivity index (χ4v) is 2.28. The minimum absolute atomic E-state index is 0.263. The average Bonchev–Trinajstić information content (AvgIpc) is 2.87. The Bertz CT molecular complexity index is 551. The molecule has 0 aliphatic rings. The third kappa shape index (κ3) is 3.22. The van der Waals surface area contributed by atoms with Gasteiger partial charge in [0.2, 0.25) is 0 Å². The second-order valence-corrected chi connectivity index (χ2v) is 4.85. The highest BCUT2D eigenvalue weighted by Crippen LogP contribution is 2.25. The van der Waals surface area contributed by atoms with Gasteiger partial charge in [0, 0.05) is 18.7 Å². The highest BCUT2D eigenvalue weighted by molar-refractivity contribution is 5.62. The molecule has 0 aliphatic carbocycles. The van der Waals surface area contributed by atoms with E-state index in [0.717, 1.165) is 19.4 Å². The quantitative estimate of drug-likeness (QED) is 0.790. The Labute approximate surface area is 118 Å². The molecular formula is C15H21FN4. The van der Waals surface area contributed by atoms with Gasteiger partial charge in [0.1, 0.15) is 11.5 Å². The Hall–Kier alpha value is -1.75. The van der Waals surface area contributed by atoms with Gasteiger partial charge in [0.25, 0.3) is 0 Å². The maximum Gasteiger partial charge on any atom is 0.132 e. The van der Waals surface area contributed by atoms with E-state index in [-0.39, 0.29) is 12.4 Å². The lowest BCUT2D eigenvalue weighted by molar-refractivity contribution is 0.529. The van der Waals surface area contributed by atoms with E-state index < -0.39 is 0 Å². The van der Waals surface area contributed by atoms with Gasteiger partial charge in [0.15, 0.2) is 0 Å². The Balaban J connectivity index is 2.26. The van der Waals surface area contributed by atoms with E-state index in [1.807, 2.05) is 6.07 Å². The number of rotatable bonds is 7. The topological polar surface area (TPSA) is 56.7 Å². The number of nitrogens with two attached hydrogens (primary N) is 1. The van der Waals surface area contributed by atoms with Gasteiger partial charge < -0.3 is 5.73 Å². The van der Waals surface area contributed by atoms with Crippen LogP contribution in [0.3, 0.4) is 0 Å². The van der Waals surface area contributed by atoms with Gasteiger partial charge >= 0.3 is 0 Å². The van der Waals surface area contributed by atoms with E-state index in [2.05, 4.69) is 17.2 Å². The summed E-state index contributed by atoms with van der Waals surface area (Å²) in [7, 11) is 0. The zero-order chi connectivity index (χ0) is 14.4. The van der Waals surface area contributed by atoms with Gasteiger partial charge in [0.05, 0.1) is 5.69 Å². The van der Waals surface area contributed by atoms with Gasteiger partial charge in [-0.05, 0) is 18.6 Å². The Morgan fingerprint density at radius 1 is 1.20 bits per heavy atom. The minimum atomic E-state index is -0.265. The van der Waals surface area contributed by atoms with Crippen molar-refractivity contribution >= 4 is 0 Å². The number of halogens is 1. The van der Waals surface area contributed by atoms with Crippen LogP contribution in [0.15, 0.2) is 24.3 Å². The van der Waals surface area contributed by atoms with Crippen LogP contribution in [0.1, 0.15) is 38.3 Å². The normalized spacial score (nSPS) is 10.9. The van der Waals surface area contributed by atoms with Crippen molar-refractivity contribution in [2.75, 3.05) is 0 Å². The number of aryl methyl sites for hydroxylation is 1. The van der Waals surface area contributed by atoms with E-state index in [0.29, 0.717) is 17.0 Å². The molecule has 0 saturated heterocycles. The molecule has 1 aromatic carbocycles.